The smallest absolute Gasteiger partial charge is 0.0425 e. The third kappa shape index (κ3) is 1.84. The number of anilines is 1. The second-order valence-corrected chi connectivity index (χ2v) is 4.42. The average Bonchev–Trinajstić information content (AvgIpc) is 2.39. The minimum atomic E-state index is 0.375. The fourth-order valence-corrected chi connectivity index (χ4v) is 2.34. The molecular weight excluding hydrogens is 206 g/mol. The highest BCUT2D eigenvalue weighted by Gasteiger charge is 2.16. The van der Waals surface area contributed by atoms with Crippen molar-refractivity contribution in [3.05, 3.63) is 71.8 Å². The number of benzene rings is 2. The van der Waals surface area contributed by atoms with Gasteiger partial charge < -0.3 is 5.32 Å². The Balaban J connectivity index is 2.16. The van der Waals surface area contributed by atoms with Gasteiger partial charge >= 0.3 is 0 Å². The summed E-state index contributed by atoms with van der Waals surface area (Å²) in [4.78, 5) is 0. The zero-order chi connectivity index (χ0) is 11.7. The Morgan fingerprint density at radius 2 is 1.59 bits per heavy atom. The van der Waals surface area contributed by atoms with Crippen LogP contribution in [0.3, 0.4) is 0 Å². The summed E-state index contributed by atoms with van der Waals surface area (Å²) < 4.78 is 0. The SMILES string of the molecule is CC1C=C(c2ccccc2)c2ccccc2N1. The molecule has 0 saturated heterocycles. The van der Waals surface area contributed by atoms with Crippen LogP contribution in [0.15, 0.2) is 60.7 Å². The first kappa shape index (κ1) is 10.2. The quantitative estimate of drug-likeness (QED) is 0.769. The van der Waals surface area contributed by atoms with E-state index in [-0.39, 0.29) is 0 Å². The van der Waals surface area contributed by atoms with Gasteiger partial charge in [-0.15, -0.1) is 0 Å². The highest BCUT2D eigenvalue weighted by atomic mass is 14.9. The minimum absolute atomic E-state index is 0.375. The van der Waals surface area contributed by atoms with Crippen molar-refractivity contribution in [1.82, 2.24) is 0 Å². The van der Waals surface area contributed by atoms with E-state index in [0.717, 1.165) is 0 Å². The largest absolute Gasteiger partial charge is 0.379 e. The highest BCUT2D eigenvalue weighted by Crippen LogP contribution is 2.33. The Bertz CT molecular complexity index is 555. The summed E-state index contributed by atoms with van der Waals surface area (Å²) in [6.07, 6.45) is 2.29. The number of para-hydroxylation sites is 1. The molecule has 84 valence electrons. The van der Waals surface area contributed by atoms with Gasteiger partial charge in [0.1, 0.15) is 0 Å². The van der Waals surface area contributed by atoms with Crippen LogP contribution in [0.25, 0.3) is 5.57 Å². The monoisotopic (exact) mass is 221 g/mol. The number of fused-ring (bicyclic) bond motifs is 1. The second-order valence-electron chi connectivity index (χ2n) is 4.42. The van der Waals surface area contributed by atoms with Crippen molar-refractivity contribution >= 4 is 11.3 Å². The first-order chi connectivity index (χ1) is 8.34. The molecule has 1 unspecified atom stereocenters. The van der Waals surface area contributed by atoms with Crippen molar-refractivity contribution in [2.24, 2.45) is 0 Å². The van der Waals surface area contributed by atoms with Gasteiger partial charge in [0.05, 0.1) is 0 Å². The van der Waals surface area contributed by atoms with E-state index < -0.39 is 0 Å². The summed E-state index contributed by atoms with van der Waals surface area (Å²) in [5.74, 6) is 0. The minimum Gasteiger partial charge on any atom is -0.379 e. The summed E-state index contributed by atoms with van der Waals surface area (Å²) in [7, 11) is 0. The maximum atomic E-state index is 3.48. The van der Waals surface area contributed by atoms with Gasteiger partial charge in [0, 0.05) is 17.3 Å². The van der Waals surface area contributed by atoms with Gasteiger partial charge in [-0.25, -0.2) is 0 Å². The van der Waals surface area contributed by atoms with E-state index in [1.54, 1.807) is 0 Å². The number of hydrogen-bond donors (Lipinski definition) is 1. The molecule has 1 atom stereocenters. The summed E-state index contributed by atoms with van der Waals surface area (Å²) in [6.45, 7) is 2.18. The van der Waals surface area contributed by atoms with Gasteiger partial charge in [-0.3, -0.25) is 0 Å². The zero-order valence-corrected chi connectivity index (χ0v) is 9.85. The molecule has 0 fully saturated rings. The molecule has 2 aromatic rings. The first-order valence-corrected chi connectivity index (χ1v) is 5.98. The Labute approximate surface area is 102 Å². The first-order valence-electron chi connectivity index (χ1n) is 5.98. The van der Waals surface area contributed by atoms with E-state index in [1.807, 2.05) is 0 Å². The lowest BCUT2D eigenvalue weighted by atomic mass is 9.92. The Kier molecular flexibility index (Phi) is 2.45. The average molecular weight is 221 g/mol. The summed E-state index contributed by atoms with van der Waals surface area (Å²) in [6, 6.07) is 19.4. The van der Waals surface area contributed by atoms with Crippen LogP contribution in [0, 0.1) is 0 Å². The lowest BCUT2D eigenvalue weighted by molar-refractivity contribution is 0.986. The van der Waals surface area contributed by atoms with Crippen molar-refractivity contribution in [2.75, 3.05) is 5.32 Å². The van der Waals surface area contributed by atoms with Gasteiger partial charge in [-0.05, 0) is 24.1 Å². The van der Waals surface area contributed by atoms with E-state index in [4.69, 9.17) is 0 Å². The fraction of sp³-hybridized carbons (Fsp3) is 0.125. The number of nitrogens with one attached hydrogen (secondary N) is 1. The van der Waals surface area contributed by atoms with Crippen LogP contribution < -0.4 is 5.32 Å². The molecule has 0 bridgehead atoms. The maximum absolute atomic E-state index is 3.48. The molecule has 0 amide bonds. The van der Waals surface area contributed by atoms with E-state index >= 15 is 0 Å². The third-order valence-electron chi connectivity index (χ3n) is 3.10. The van der Waals surface area contributed by atoms with Crippen molar-refractivity contribution in [1.29, 1.82) is 0 Å². The molecule has 2 aromatic carbocycles. The van der Waals surface area contributed by atoms with Crippen LogP contribution in [0.4, 0.5) is 5.69 Å². The van der Waals surface area contributed by atoms with Crippen molar-refractivity contribution in [3.8, 4) is 0 Å². The maximum Gasteiger partial charge on any atom is 0.0425 e. The Morgan fingerprint density at radius 1 is 0.882 bits per heavy atom. The second kappa shape index (κ2) is 4.10. The van der Waals surface area contributed by atoms with Crippen molar-refractivity contribution in [2.45, 2.75) is 13.0 Å². The van der Waals surface area contributed by atoms with Gasteiger partial charge in [0.2, 0.25) is 0 Å². The fourth-order valence-electron chi connectivity index (χ4n) is 2.34. The van der Waals surface area contributed by atoms with Crippen LogP contribution in [0.2, 0.25) is 0 Å². The Morgan fingerprint density at radius 3 is 2.41 bits per heavy atom. The normalized spacial score (nSPS) is 17.9. The molecule has 1 N–H and O–H groups in total. The van der Waals surface area contributed by atoms with Crippen LogP contribution in [-0.2, 0) is 0 Å². The summed E-state index contributed by atoms with van der Waals surface area (Å²) >= 11 is 0. The van der Waals surface area contributed by atoms with Crippen LogP contribution in [0.1, 0.15) is 18.1 Å². The molecule has 1 heteroatoms. The molecule has 1 nitrogen and oxygen atoms in total. The van der Waals surface area contributed by atoms with Crippen molar-refractivity contribution < 1.29 is 0 Å². The molecule has 0 aromatic heterocycles. The molecule has 0 radical (unpaired) electrons. The summed E-state index contributed by atoms with van der Waals surface area (Å²) in [5.41, 5.74) is 5.12. The molecule has 1 heterocycles. The standard InChI is InChI=1S/C16H15N/c1-12-11-15(13-7-3-2-4-8-13)14-9-5-6-10-16(14)17-12/h2-12,17H,1H3. The van der Waals surface area contributed by atoms with Crippen LogP contribution in [0.5, 0.6) is 0 Å². The molecule has 3 rings (SSSR count). The van der Waals surface area contributed by atoms with Gasteiger partial charge in [0.25, 0.3) is 0 Å². The third-order valence-corrected chi connectivity index (χ3v) is 3.10. The Hall–Kier alpha value is -2.02. The van der Waals surface area contributed by atoms with Crippen LogP contribution in [-0.4, -0.2) is 6.04 Å². The predicted octanol–water partition coefficient (Wildman–Crippen LogP) is 3.93. The van der Waals surface area contributed by atoms with Crippen molar-refractivity contribution in [3.63, 3.8) is 0 Å². The molecular formula is C16H15N. The van der Waals surface area contributed by atoms with E-state index in [0.29, 0.717) is 6.04 Å². The molecule has 0 saturated carbocycles. The lowest BCUT2D eigenvalue weighted by Gasteiger charge is -2.24. The molecule has 17 heavy (non-hydrogen) atoms. The zero-order valence-electron chi connectivity index (χ0n) is 9.85. The van der Waals surface area contributed by atoms with Gasteiger partial charge in [-0.2, -0.15) is 0 Å². The summed E-state index contributed by atoms with van der Waals surface area (Å²) in [5, 5.41) is 3.48. The molecule has 1 aliphatic heterocycles. The topological polar surface area (TPSA) is 12.0 Å². The van der Waals surface area contributed by atoms with E-state index in [9.17, 15) is 0 Å². The molecule has 0 spiro atoms. The lowest BCUT2D eigenvalue weighted by Crippen LogP contribution is -2.18. The van der Waals surface area contributed by atoms with Crippen LogP contribution >= 0.6 is 0 Å². The van der Waals surface area contributed by atoms with Gasteiger partial charge in [0.15, 0.2) is 0 Å². The van der Waals surface area contributed by atoms with Gasteiger partial charge in [-0.1, -0.05) is 54.6 Å². The molecule has 1 aliphatic rings. The number of hydrogen-bond acceptors (Lipinski definition) is 1. The predicted molar refractivity (Wildman–Crippen MR) is 73.0 cm³/mol. The van der Waals surface area contributed by atoms with E-state index in [1.165, 1.54) is 22.4 Å². The highest BCUT2D eigenvalue weighted by molar-refractivity contribution is 5.88. The molecule has 0 aliphatic carbocycles. The number of rotatable bonds is 1. The van der Waals surface area contributed by atoms with E-state index in [2.05, 4.69) is 72.9 Å².